The fraction of sp³-hybridized carbons (Fsp3) is 0.0645. The van der Waals surface area contributed by atoms with Crippen molar-refractivity contribution in [3.8, 4) is 22.5 Å². The molecular formula is C31H25N2O2+. The van der Waals surface area contributed by atoms with E-state index in [4.69, 9.17) is 0 Å². The molecule has 170 valence electrons. The van der Waals surface area contributed by atoms with Crippen molar-refractivity contribution in [3.63, 3.8) is 0 Å². The molecule has 0 spiro atoms. The quantitative estimate of drug-likeness (QED) is 0.216. The molecule has 5 rings (SSSR count). The van der Waals surface area contributed by atoms with Crippen LogP contribution < -0.4 is 4.57 Å². The molecular weight excluding hydrogens is 432 g/mol. The van der Waals surface area contributed by atoms with Crippen molar-refractivity contribution in [2.75, 3.05) is 0 Å². The van der Waals surface area contributed by atoms with Crippen LogP contribution in [0.2, 0.25) is 0 Å². The summed E-state index contributed by atoms with van der Waals surface area (Å²) >= 11 is 0. The fourth-order valence-electron chi connectivity index (χ4n) is 4.33. The summed E-state index contributed by atoms with van der Waals surface area (Å²) in [5.41, 5.74) is 5.10. The van der Waals surface area contributed by atoms with Crippen LogP contribution in [0.1, 0.15) is 20.7 Å². The highest BCUT2D eigenvalue weighted by Crippen LogP contribution is 2.30. The first-order valence-electron chi connectivity index (χ1n) is 11.6. The molecule has 4 nitrogen and oxygen atoms in total. The number of benzene rings is 4. The summed E-state index contributed by atoms with van der Waals surface area (Å²) in [4.78, 5) is 26.4. The van der Waals surface area contributed by atoms with Gasteiger partial charge in [-0.1, -0.05) is 121 Å². The summed E-state index contributed by atoms with van der Waals surface area (Å²) < 4.78 is 3.93. The fourth-order valence-corrected chi connectivity index (χ4v) is 4.33. The van der Waals surface area contributed by atoms with E-state index in [-0.39, 0.29) is 24.7 Å². The third-order valence-electron chi connectivity index (χ3n) is 5.99. The average molecular weight is 458 g/mol. The van der Waals surface area contributed by atoms with Crippen molar-refractivity contribution in [1.29, 1.82) is 0 Å². The Kier molecular flexibility index (Phi) is 6.44. The normalized spacial score (nSPS) is 10.7. The summed E-state index contributed by atoms with van der Waals surface area (Å²) in [7, 11) is 0. The van der Waals surface area contributed by atoms with Crippen LogP contribution in [0.15, 0.2) is 128 Å². The summed E-state index contributed by atoms with van der Waals surface area (Å²) in [6.45, 7) is 0.335. The van der Waals surface area contributed by atoms with Crippen LogP contribution in [0, 0.1) is 0 Å². The average Bonchev–Trinajstić information content (AvgIpc) is 3.27. The summed E-state index contributed by atoms with van der Waals surface area (Å²) in [5.74, 6) is 0.0258. The van der Waals surface area contributed by atoms with Crippen LogP contribution in [0.4, 0.5) is 0 Å². The molecule has 5 aromatic rings. The van der Waals surface area contributed by atoms with Crippen LogP contribution in [-0.2, 0) is 13.1 Å². The molecule has 35 heavy (non-hydrogen) atoms. The van der Waals surface area contributed by atoms with E-state index in [0.29, 0.717) is 11.1 Å². The van der Waals surface area contributed by atoms with E-state index in [1.165, 1.54) is 0 Å². The Balaban J connectivity index is 1.66. The number of ketones is 2. The molecule has 0 N–H and O–H groups in total. The van der Waals surface area contributed by atoms with Gasteiger partial charge in [-0.25, -0.2) is 9.13 Å². The van der Waals surface area contributed by atoms with E-state index >= 15 is 0 Å². The van der Waals surface area contributed by atoms with Gasteiger partial charge in [-0.3, -0.25) is 9.59 Å². The lowest BCUT2D eigenvalue weighted by Crippen LogP contribution is -2.38. The Bertz CT molecular complexity index is 1330. The van der Waals surface area contributed by atoms with Crippen molar-refractivity contribution >= 4 is 11.6 Å². The number of rotatable bonds is 8. The Morgan fingerprint density at radius 2 is 1.03 bits per heavy atom. The Hall–Kier alpha value is -4.57. The van der Waals surface area contributed by atoms with Crippen LogP contribution >= 0.6 is 0 Å². The third kappa shape index (κ3) is 4.87. The largest absolute Gasteiger partial charge is 0.290 e. The van der Waals surface area contributed by atoms with E-state index in [1.807, 2.05) is 137 Å². The van der Waals surface area contributed by atoms with Gasteiger partial charge in [0.15, 0.2) is 24.5 Å². The van der Waals surface area contributed by atoms with Gasteiger partial charge in [-0.2, -0.15) is 0 Å². The molecule has 0 radical (unpaired) electrons. The van der Waals surface area contributed by atoms with Crippen molar-refractivity contribution in [3.05, 3.63) is 139 Å². The minimum atomic E-state index is 0.0129. The molecule has 0 atom stereocenters. The number of aromatic nitrogens is 2. The molecule has 4 aromatic carbocycles. The highest BCUT2D eigenvalue weighted by Gasteiger charge is 2.29. The number of carbonyl (C=O) groups excluding carboxylic acids is 2. The number of Topliss-reactive ketones (excluding diaryl/α,β-unsaturated/α-hetero) is 2. The summed E-state index contributed by atoms with van der Waals surface area (Å²) in [6, 6.07) is 38.6. The van der Waals surface area contributed by atoms with Gasteiger partial charge < -0.3 is 0 Å². The summed E-state index contributed by atoms with van der Waals surface area (Å²) in [6.07, 6.45) is 1.90. The third-order valence-corrected chi connectivity index (χ3v) is 5.99. The molecule has 1 heterocycles. The molecule has 0 saturated heterocycles. The van der Waals surface area contributed by atoms with Gasteiger partial charge in [-0.05, 0) is 0 Å². The zero-order valence-electron chi connectivity index (χ0n) is 19.2. The van der Waals surface area contributed by atoms with Crippen molar-refractivity contribution < 1.29 is 14.2 Å². The second-order valence-corrected chi connectivity index (χ2v) is 8.38. The zero-order valence-corrected chi connectivity index (χ0v) is 19.2. The van der Waals surface area contributed by atoms with Crippen molar-refractivity contribution in [1.82, 2.24) is 4.57 Å². The minimum Gasteiger partial charge on any atom is -0.290 e. The Morgan fingerprint density at radius 3 is 1.57 bits per heavy atom. The predicted octanol–water partition coefficient (Wildman–Crippen LogP) is 5.88. The topological polar surface area (TPSA) is 43.0 Å². The van der Waals surface area contributed by atoms with E-state index in [9.17, 15) is 9.59 Å². The minimum absolute atomic E-state index is 0.0129. The van der Waals surface area contributed by atoms with Crippen molar-refractivity contribution in [2.24, 2.45) is 0 Å². The molecule has 0 amide bonds. The number of nitrogens with zero attached hydrogens (tertiary/aromatic N) is 2. The lowest BCUT2D eigenvalue weighted by atomic mass is 10.0. The molecule has 0 bridgehead atoms. The van der Waals surface area contributed by atoms with Gasteiger partial charge in [-0.15, -0.1) is 0 Å². The van der Waals surface area contributed by atoms with Gasteiger partial charge in [0.25, 0.3) is 0 Å². The zero-order chi connectivity index (χ0) is 24.0. The number of hydrogen-bond acceptors (Lipinski definition) is 2. The second kappa shape index (κ2) is 10.1. The first kappa shape index (κ1) is 22.2. The van der Waals surface area contributed by atoms with Crippen LogP contribution in [0.3, 0.4) is 0 Å². The molecule has 0 aliphatic heterocycles. The smallest absolute Gasteiger partial charge is 0.245 e. The lowest BCUT2D eigenvalue weighted by molar-refractivity contribution is -0.671. The molecule has 0 aliphatic carbocycles. The standard InChI is InChI=1S/C31H25N2O2/c34-28(24-13-5-1-6-14-24)21-32-23-33(22-29(35)25-15-7-2-8-16-25)31(27-19-11-4-12-20-27)30(32)26-17-9-3-10-18-26/h1-20,23H,21-22H2/q+1. The highest BCUT2D eigenvalue weighted by atomic mass is 16.1. The highest BCUT2D eigenvalue weighted by molar-refractivity contribution is 5.96. The molecule has 0 unspecified atom stereocenters. The lowest BCUT2D eigenvalue weighted by Gasteiger charge is -2.06. The number of imidazole rings is 1. The molecule has 0 saturated carbocycles. The first-order chi connectivity index (χ1) is 17.2. The molecule has 0 aliphatic rings. The van der Waals surface area contributed by atoms with Crippen LogP contribution in [0.5, 0.6) is 0 Å². The maximum atomic E-state index is 13.2. The Morgan fingerprint density at radius 1 is 0.571 bits per heavy atom. The monoisotopic (exact) mass is 457 g/mol. The number of carbonyl (C=O) groups is 2. The first-order valence-corrected chi connectivity index (χ1v) is 11.6. The van der Waals surface area contributed by atoms with Gasteiger partial charge in [0.2, 0.25) is 17.9 Å². The molecule has 4 heteroatoms. The summed E-state index contributed by atoms with van der Waals surface area (Å²) in [5, 5.41) is 0. The predicted molar refractivity (Wildman–Crippen MR) is 137 cm³/mol. The second-order valence-electron chi connectivity index (χ2n) is 8.38. The van der Waals surface area contributed by atoms with Crippen molar-refractivity contribution in [2.45, 2.75) is 13.1 Å². The van der Waals surface area contributed by atoms with Gasteiger partial charge in [0, 0.05) is 22.3 Å². The maximum absolute atomic E-state index is 13.2. The van der Waals surface area contributed by atoms with E-state index in [2.05, 4.69) is 0 Å². The van der Waals surface area contributed by atoms with Gasteiger partial charge in [0.05, 0.1) is 0 Å². The molecule has 0 fully saturated rings. The number of hydrogen-bond donors (Lipinski definition) is 0. The van der Waals surface area contributed by atoms with E-state index < -0.39 is 0 Å². The molecule has 1 aromatic heterocycles. The maximum Gasteiger partial charge on any atom is 0.245 e. The van der Waals surface area contributed by atoms with Crippen LogP contribution in [0.25, 0.3) is 22.5 Å². The van der Waals surface area contributed by atoms with E-state index in [0.717, 1.165) is 22.5 Å². The SMILES string of the molecule is O=C(Cn1c[n+](CC(=O)c2ccccc2)c(-c2ccccc2)c1-c1ccccc1)c1ccccc1. The van der Waals surface area contributed by atoms with Gasteiger partial charge in [0.1, 0.15) is 0 Å². The van der Waals surface area contributed by atoms with Crippen LogP contribution in [-0.4, -0.2) is 16.1 Å². The van der Waals surface area contributed by atoms with Gasteiger partial charge >= 0.3 is 0 Å². The van der Waals surface area contributed by atoms with E-state index in [1.54, 1.807) is 0 Å². The Labute approximate surface area is 204 Å².